The van der Waals surface area contributed by atoms with Crippen LogP contribution in [0.5, 0.6) is 0 Å². The number of fused-ring (bicyclic) bond motifs is 1. The van der Waals surface area contributed by atoms with Crippen molar-refractivity contribution in [3.8, 4) is 0 Å². The highest BCUT2D eigenvalue weighted by molar-refractivity contribution is 7.89. The molecule has 1 aliphatic rings. The van der Waals surface area contributed by atoms with E-state index in [0.29, 0.717) is 57.4 Å². The normalized spacial score (nSPS) is 14.6. The Balaban J connectivity index is 1.65. The first-order chi connectivity index (χ1) is 18.3. The molecule has 9 nitrogen and oxygen atoms in total. The number of carbonyl (C=O) groups is 2. The maximum atomic E-state index is 13.2. The minimum atomic E-state index is -1.53. The number of methoxy groups -OCH3 is 1. The lowest BCUT2D eigenvalue weighted by molar-refractivity contribution is -0.110. The van der Waals surface area contributed by atoms with Crippen molar-refractivity contribution in [1.82, 2.24) is 9.79 Å². The van der Waals surface area contributed by atoms with E-state index in [9.17, 15) is 14.1 Å². The van der Waals surface area contributed by atoms with Crippen LogP contribution in [0.3, 0.4) is 0 Å². The lowest BCUT2D eigenvalue weighted by atomic mass is 9.96. The smallest absolute Gasteiger partial charge is 0.338 e. The number of hydrogen-bond donors (Lipinski definition) is 3. The number of aryl methyl sites for hydroxylation is 1. The average Bonchev–Trinajstić information content (AvgIpc) is 3.23. The highest BCUT2D eigenvalue weighted by Gasteiger charge is 2.30. The zero-order chi connectivity index (χ0) is 27.2. The van der Waals surface area contributed by atoms with E-state index in [4.69, 9.17) is 9.57 Å². The number of nitrogens with one attached hydrogen (secondary N) is 3. The van der Waals surface area contributed by atoms with Gasteiger partial charge in [-0.25, -0.2) is 4.79 Å². The molecule has 0 saturated heterocycles. The third kappa shape index (κ3) is 6.24. The van der Waals surface area contributed by atoms with Crippen LogP contribution in [-0.4, -0.2) is 55.7 Å². The van der Waals surface area contributed by atoms with Gasteiger partial charge < -0.3 is 24.8 Å². The van der Waals surface area contributed by atoms with Crippen LogP contribution in [0.25, 0.3) is 11.3 Å². The van der Waals surface area contributed by atoms with Gasteiger partial charge in [0, 0.05) is 17.8 Å². The van der Waals surface area contributed by atoms with Crippen molar-refractivity contribution in [3.63, 3.8) is 0 Å². The van der Waals surface area contributed by atoms with Gasteiger partial charge in [-0.3, -0.25) is 9.63 Å². The van der Waals surface area contributed by atoms with Crippen molar-refractivity contribution in [2.24, 2.45) is 0 Å². The Morgan fingerprint density at radius 1 is 1.08 bits per heavy atom. The Bertz CT molecular complexity index is 1340. The molecule has 3 aromatic carbocycles. The first kappa shape index (κ1) is 27.4. The fraction of sp³-hybridized carbons (Fsp3) is 0.214. The molecule has 38 heavy (non-hydrogen) atoms. The summed E-state index contributed by atoms with van der Waals surface area (Å²) in [5, 5.41) is 6.25. The molecular weight excluding hydrogens is 504 g/mol. The number of ether oxygens (including phenoxy) is 1. The Morgan fingerprint density at radius 3 is 2.45 bits per heavy atom. The molecule has 1 aliphatic heterocycles. The quantitative estimate of drug-likeness (QED) is 0.118. The fourth-order valence-electron chi connectivity index (χ4n) is 3.96. The second-order valence-electron chi connectivity index (χ2n) is 8.93. The van der Waals surface area contributed by atoms with Gasteiger partial charge in [0.05, 0.1) is 36.2 Å². The predicted octanol–water partition coefficient (Wildman–Crippen LogP) is 3.82. The second-order valence-corrected chi connectivity index (χ2v) is 10.1. The molecule has 4 rings (SSSR count). The average molecular weight is 535 g/mol. The van der Waals surface area contributed by atoms with E-state index in [1.807, 2.05) is 55.4 Å². The van der Waals surface area contributed by atoms with Crippen molar-refractivity contribution in [2.45, 2.75) is 11.8 Å². The molecule has 198 valence electrons. The van der Waals surface area contributed by atoms with E-state index >= 15 is 0 Å². The van der Waals surface area contributed by atoms with Crippen molar-refractivity contribution < 1.29 is 23.7 Å². The van der Waals surface area contributed by atoms with Gasteiger partial charge in [-0.2, -0.15) is 0 Å². The van der Waals surface area contributed by atoms with Crippen molar-refractivity contribution in [3.05, 3.63) is 89.0 Å². The summed E-state index contributed by atoms with van der Waals surface area (Å²) in [5.74, 6) is -0.752. The summed E-state index contributed by atoms with van der Waals surface area (Å²) in [6, 6.07) is 20.0. The Labute approximate surface area is 225 Å². The highest BCUT2D eigenvalue weighted by Crippen LogP contribution is 2.39. The van der Waals surface area contributed by atoms with E-state index in [1.54, 1.807) is 37.3 Å². The standard InChI is InChI=1S/C28H30N4O5S/c1-18-16-23-24(17-22(18)28(34)36-4)30-27(33)25(23)26(19-8-6-5-7-9-19)29-20-10-12-21(13-11-20)38(35)31-37-15-14-32(2)3/h5-13,16-17,29,31H,14-15H2,1-4H3,(H,30,33)/b26-25-. The van der Waals surface area contributed by atoms with Crippen LogP contribution in [0.1, 0.15) is 27.0 Å². The number of anilines is 2. The molecule has 0 radical (unpaired) electrons. The predicted molar refractivity (Wildman–Crippen MR) is 149 cm³/mol. The van der Waals surface area contributed by atoms with Gasteiger partial charge in [-0.05, 0) is 73.4 Å². The van der Waals surface area contributed by atoms with Gasteiger partial charge in [-0.15, -0.1) is 0 Å². The molecule has 3 N–H and O–H groups in total. The maximum Gasteiger partial charge on any atom is 0.338 e. The number of rotatable bonds is 10. The Morgan fingerprint density at radius 2 is 1.79 bits per heavy atom. The number of likely N-dealkylation sites (N-methyl/N-ethyl adjacent to an activating group) is 1. The summed E-state index contributed by atoms with van der Waals surface area (Å²) in [6.45, 7) is 2.90. The Hall–Kier alpha value is -3.67. The fourth-order valence-corrected chi connectivity index (χ4v) is 4.63. The summed E-state index contributed by atoms with van der Waals surface area (Å²) >= 11 is -1.53. The number of carbonyl (C=O) groups excluding carboxylic acids is 2. The van der Waals surface area contributed by atoms with E-state index < -0.39 is 17.3 Å². The molecule has 0 spiro atoms. The van der Waals surface area contributed by atoms with E-state index in [2.05, 4.69) is 15.5 Å². The van der Waals surface area contributed by atoms with Gasteiger partial charge >= 0.3 is 5.97 Å². The van der Waals surface area contributed by atoms with Crippen LogP contribution >= 0.6 is 0 Å². The third-order valence-corrected chi connectivity index (χ3v) is 6.91. The molecular formula is C28H30N4O5S. The number of amides is 1. The van der Waals surface area contributed by atoms with Crippen molar-refractivity contribution in [1.29, 1.82) is 0 Å². The number of benzene rings is 3. The molecule has 0 saturated carbocycles. The third-order valence-electron chi connectivity index (χ3n) is 5.94. The van der Waals surface area contributed by atoms with Crippen LogP contribution in [0, 0.1) is 6.92 Å². The lowest BCUT2D eigenvalue weighted by Gasteiger charge is -2.16. The highest BCUT2D eigenvalue weighted by atomic mass is 32.2. The molecule has 0 fully saturated rings. The SMILES string of the molecule is COC(=O)c1cc2c(cc1C)/C(=C(/Nc1ccc([S+]([O-])NOCCN(C)C)cc1)c1ccccc1)C(=O)N2. The molecule has 1 amide bonds. The number of esters is 1. The van der Waals surface area contributed by atoms with Crippen LogP contribution in [0.4, 0.5) is 11.4 Å². The Kier molecular flexibility index (Phi) is 8.82. The van der Waals surface area contributed by atoms with Crippen molar-refractivity contribution in [2.75, 3.05) is 45.0 Å². The second kappa shape index (κ2) is 12.2. The zero-order valence-electron chi connectivity index (χ0n) is 21.7. The first-order valence-corrected chi connectivity index (χ1v) is 13.1. The van der Waals surface area contributed by atoms with Gasteiger partial charge in [0.15, 0.2) is 4.90 Å². The topological polar surface area (TPSA) is 115 Å². The summed E-state index contributed by atoms with van der Waals surface area (Å²) in [7, 11) is 5.19. The van der Waals surface area contributed by atoms with Gasteiger partial charge in [0.1, 0.15) is 11.4 Å². The molecule has 1 heterocycles. The minimum absolute atomic E-state index is 0.287. The molecule has 1 atom stereocenters. The first-order valence-electron chi connectivity index (χ1n) is 11.9. The molecule has 0 aromatic heterocycles. The van der Waals surface area contributed by atoms with E-state index in [1.165, 1.54) is 7.11 Å². The maximum absolute atomic E-state index is 13.2. The van der Waals surface area contributed by atoms with Gasteiger partial charge in [0.25, 0.3) is 5.91 Å². The van der Waals surface area contributed by atoms with Gasteiger partial charge in [0.2, 0.25) is 0 Å². The molecule has 10 heteroatoms. The molecule has 0 aliphatic carbocycles. The molecule has 0 bridgehead atoms. The summed E-state index contributed by atoms with van der Waals surface area (Å²) in [4.78, 5) is 35.7. The molecule has 3 aromatic rings. The summed E-state index contributed by atoms with van der Waals surface area (Å²) in [6.07, 6.45) is 0. The zero-order valence-corrected chi connectivity index (χ0v) is 22.5. The van der Waals surface area contributed by atoms with Crippen LogP contribution in [-0.2, 0) is 25.7 Å². The van der Waals surface area contributed by atoms with Crippen LogP contribution < -0.4 is 15.5 Å². The van der Waals surface area contributed by atoms with Gasteiger partial charge in [-0.1, -0.05) is 30.3 Å². The number of nitrogens with zero attached hydrogens (tertiary/aromatic N) is 1. The van der Waals surface area contributed by atoms with Crippen LogP contribution in [0.15, 0.2) is 71.6 Å². The largest absolute Gasteiger partial charge is 0.591 e. The minimum Gasteiger partial charge on any atom is -0.591 e. The lowest BCUT2D eigenvalue weighted by Crippen LogP contribution is -2.28. The van der Waals surface area contributed by atoms with E-state index in [-0.39, 0.29) is 5.91 Å². The number of hydrogen-bond acceptors (Lipinski definition) is 8. The van der Waals surface area contributed by atoms with Crippen LogP contribution in [0.2, 0.25) is 0 Å². The summed E-state index contributed by atoms with van der Waals surface area (Å²) in [5.41, 5.74) is 4.88. The van der Waals surface area contributed by atoms with E-state index in [0.717, 1.165) is 5.56 Å². The monoisotopic (exact) mass is 534 g/mol. The molecule has 1 unspecified atom stereocenters. The summed E-state index contributed by atoms with van der Waals surface area (Å²) < 4.78 is 17.4. The van der Waals surface area contributed by atoms with Crippen molar-refractivity contribution >= 4 is 45.9 Å².